The fourth-order valence-electron chi connectivity index (χ4n) is 1.51. The number of rotatable bonds is 6. The average molecular weight is 236 g/mol. The number of nitrogens with zero attached hydrogens (tertiary/aromatic N) is 1. The summed E-state index contributed by atoms with van der Waals surface area (Å²) >= 11 is 0. The van der Waals surface area contributed by atoms with E-state index in [1.54, 1.807) is 0 Å². The van der Waals surface area contributed by atoms with Gasteiger partial charge in [-0.3, -0.25) is 0 Å². The van der Waals surface area contributed by atoms with Crippen molar-refractivity contribution in [2.24, 2.45) is 0 Å². The van der Waals surface area contributed by atoms with Crippen LogP contribution in [-0.4, -0.2) is 17.8 Å². The maximum atomic E-state index is 13.0. The summed E-state index contributed by atoms with van der Waals surface area (Å²) in [4.78, 5) is 0. The first kappa shape index (κ1) is 13.6. The molecule has 2 N–H and O–H groups in total. The van der Waals surface area contributed by atoms with Crippen LogP contribution in [-0.2, 0) is 6.54 Å². The lowest BCUT2D eigenvalue weighted by Gasteiger charge is -2.09. The molecular formula is C13H17FN2O. The number of aliphatic hydroxyl groups excluding tert-OH is 1. The second-order valence-electron chi connectivity index (χ2n) is 3.94. The van der Waals surface area contributed by atoms with Gasteiger partial charge < -0.3 is 10.4 Å². The molecule has 0 bridgehead atoms. The van der Waals surface area contributed by atoms with E-state index < -0.39 is 0 Å². The lowest BCUT2D eigenvalue weighted by Crippen LogP contribution is -2.20. The van der Waals surface area contributed by atoms with E-state index in [-0.39, 0.29) is 11.9 Å². The molecule has 1 unspecified atom stereocenters. The number of hydrogen-bond donors (Lipinski definition) is 2. The van der Waals surface area contributed by atoms with Gasteiger partial charge in [-0.05, 0) is 43.1 Å². The Morgan fingerprint density at radius 3 is 2.94 bits per heavy atom. The molecule has 1 aromatic carbocycles. The van der Waals surface area contributed by atoms with Gasteiger partial charge in [-0.1, -0.05) is 6.92 Å². The third-order valence-corrected chi connectivity index (χ3v) is 2.63. The Balaban J connectivity index is 2.46. The Hall–Kier alpha value is -1.44. The molecule has 0 aromatic heterocycles. The summed E-state index contributed by atoms with van der Waals surface area (Å²) in [6.07, 6.45) is 1.09. The molecule has 4 heteroatoms. The molecule has 1 atom stereocenters. The van der Waals surface area contributed by atoms with Crippen LogP contribution in [0.4, 0.5) is 4.39 Å². The van der Waals surface area contributed by atoms with E-state index in [1.807, 2.05) is 13.0 Å². The van der Waals surface area contributed by atoms with Crippen molar-refractivity contribution in [3.63, 3.8) is 0 Å². The van der Waals surface area contributed by atoms with Crippen molar-refractivity contribution in [2.45, 2.75) is 32.4 Å². The molecule has 1 rings (SSSR count). The minimum absolute atomic E-state index is 0.301. The summed E-state index contributed by atoms with van der Waals surface area (Å²) in [5.41, 5.74) is 1.13. The highest BCUT2D eigenvalue weighted by atomic mass is 19.1. The van der Waals surface area contributed by atoms with Crippen molar-refractivity contribution >= 4 is 0 Å². The maximum absolute atomic E-state index is 13.0. The molecule has 0 saturated heterocycles. The topological polar surface area (TPSA) is 56.0 Å². The molecule has 0 spiro atoms. The second kappa shape index (κ2) is 7.00. The Morgan fingerprint density at radius 1 is 1.53 bits per heavy atom. The molecule has 0 amide bonds. The van der Waals surface area contributed by atoms with E-state index >= 15 is 0 Å². The zero-order chi connectivity index (χ0) is 12.7. The quantitative estimate of drug-likeness (QED) is 0.742. The van der Waals surface area contributed by atoms with Gasteiger partial charge in [-0.2, -0.15) is 5.26 Å². The fraction of sp³-hybridized carbons (Fsp3) is 0.462. The van der Waals surface area contributed by atoms with Crippen LogP contribution < -0.4 is 5.32 Å². The molecule has 0 fully saturated rings. The third kappa shape index (κ3) is 4.51. The van der Waals surface area contributed by atoms with Crippen molar-refractivity contribution in [1.29, 1.82) is 5.26 Å². The van der Waals surface area contributed by atoms with E-state index in [9.17, 15) is 9.50 Å². The van der Waals surface area contributed by atoms with Gasteiger partial charge >= 0.3 is 0 Å². The number of nitriles is 1. The van der Waals surface area contributed by atoms with Crippen LogP contribution in [0.2, 0.25) is 0 Å². The predicted octanol–water partition coefficient (Wildman–Crippen LogP) is 1.95. The summed E-state index contributed by atoms with van der Waals surface area (Å²) < 4.78 is 13.0. The molecule has 0 heterocycles. The van der Waals surface area contributed by atoms with Crippen LogP contribution in [0.1, 0.15) is 30.9 Å². The van der Waals surface area contributed by atoms with Crippen LogP contribution in [0.25, 0.3) is 0 Å². The molecule has 0 aliphatic rings. The minimum atomic E-state index is -0.339. The normalized spacial score (nSPS) is 12.1. The highest BCUT2D eigenvalue weighted by molar-refractivity contribution is 5.37. The summed E-state index contributed by atoms with van der Waals surface area (Å²) in [5.74, 6) is -0.339. The van der Waals surface area contributed by atoms with Gasteiger partial charge in [-0.15, -0.1) is 0 Å². The molecule has 0 saturated carbocycles. The first-order valence-electron chi connectivity index (χ1n) is 5.74. The Labute approximate surface area is 101 Å². The van der Waals surface area contributed by atoms with Gasteiger partial charge in [0.2, 0.25) is 0 Å². The summed E-state index contributed by atoms with van der Waals surface area (Å²) in [6, 6.07) is 6.15. The third-order valence-electron chi connectivity index (χ3n) is 2.63. The Morgan fingerprint density at radius 2 is 2.29 bits per heavy atom. The molecule has 0 radical (unpaired) electrons. The van der Waals surface area contributed by atoms with Gasteiger partial charge in [0.15, 0.2) is 0 Å². The van der Waals surface area contributed by atoms with E-state index in [0.29, 0.717) is 30.6 Å². The lowest BCUT2D eigenvalue weighted by atomic mass is 10.1. The van der Waals surface area contributed by atoms with Crippen molar-refractivity contribution in [1.82, 2.24) is 5.32 Å². The second-order valence-corrected chi connectivity index (χ2v) is 3.94. The molecule has 0 aliphatic carbocycles. The van der Waals surface area contributed by atoms with E-state index in [2.05, 4.69) is 5.32 Å². The number of halogens is 1. The number of hydrogen-bond acceptors (Lipinski definition) is 3. The average Bonchev–Trinajstić information content (AvgIpc) is 2.34. The largest absolute Gasteiger partial charge is 0.393 e. The molecule has 0 aliphatic heterocycles. The zero-order valence-corrected chi connectivity index (χ0v) is 9.91. The van der Waals surface area contributed by atoms with Crippen LogP contribution in [0.15, 0.2) is 18.2 Å². The first-order chi connectivity index (χ1) is 8.17. The number of nitrogens with one attached hydrogen (secondary N) is 1. The van der Waals surface area contributed by atoms with Gasteiger partial charge in [0.1, 0.15) is 5.82 Å². The van der Waals surface area contributed by atoms with Crippen molar-refractivity contribution in [2.75, 3.05) is 6.54 Å². The van der Waals surface area contributed by atoms with Gasteiger partial charge in [0, 0.05) is 6.54 Å². The van der Waals surface area contributed by atoms with Crippen molar-refractivity contribution in [3.8, 4) is 6.07 Å². The molecule has 1 aromatic rings. The van der Waals surface area contributed by atoms with Gasteiger partial charge in [-0.25, -0.2) is 4.39 Å². The zero-order valence-electron chi connectivity index (χ0n) is 9.91. The Bertz CT molecular complexity index is 401. The summed E-state index contributed by atoms with van der Waals surface area (Å²) in [7, 11) is 0. The smallest absolute Gasteiger partial charge is 0.123 e. The van der Waals surface area contributed by atoms with Crippen LogP contribution >= 0.6 is 0 Å². The monoisotopic (exact) mass is 236 g/mol. The fourth-order valence-corrected chi connectivity index (χ4v) is 1.51. The van der Waals surface area contributed by atoms with Crippen LogP contribution in [0.5, 0.6) is 0 Å². The summed E-state index contributed by atoms with van der Waals surface area (Å²) in [6.45, 7) is 3.01. The minimum Gasteiger partial charge on any atom is -0.393 e. The standard InChI is InChI=1S/C13H17FN2O/c1-2-13(17)5-6-16-9-11-7-12(14)4-3-10(11)8-15/h3-4,7,13,16-17H,2,5-6,9H2,1H3. The SMILES string of the molecule is CCC(O)CCNCc1cc(F)ccc1C#N. The maximum Gasteiger partial charge on any atom is 0.123 e. The number of aliphatic hydroxyl groups is 1. The summed E-state index contributed by atoms with van der Waals surface area (Å²) in [5, 5.41) is 21.3. The van der Waals surface area contributed by atoms with E-state index in [1.165, 1.54) is 18.2 Å². The Kier molecular flexibility index (Phi) is 5.61. The van der Waals surface area contributed by atoms with Crippen molar-refractivity contribution in [3.05, 3.63) is 35.1 Å². The van der Waals surface area contributed by atoms with Gasteiger partial charge in [0.25, 0.3) is 0 Å². The molecule has 17 heavy (non-hydrogen) atoms. The van der Waals surface area contributed by atoms with Crippen LogP contribution in [0, 0.1) is 17.1 Å². The molecule has 92 valence electrons. The van der Waals surface area contributed by atoms with Crippen molar-refractivity contribution < 1.29 is 9.50 Å². The highest BCUT2D eigenvalue weighted by Gasteiger charge is 2.04. The lowest BCUT2D eigenvalue weighted by molar-refractivity contribution is 0.159. The molecule has 3 nitrogen and oxygen atoms in total. The highest BCUT2D eigenvalue weighted by Crippen LogP contribution is 2.10. The van der Waals surface area contributed by atoms with Gasteiger partial charge in [0.05, 0.1) is 17.7 Å². The molecular weight excluding hydrogens is 219 g/mol. The number of benzene rings is 1. The van der Waals surface area contributed by atoms with E-state index in [4.69, 9.17) is 5.26 Å². The van der Waals surface area contributed by atoms with E-state index in [0.717, 1.165) is 6.42 Å². The van der Waals surface area contributed by atoms with Crippen LogP contribution in [0.3, 0.4) is 0 Å². The predicted molar refractivity (Wildman–Crippen MR) is 63.7 cm³/mol. The first-order valence-corrected chi connectivity index (χ1v) is 5.74.